The predicted molar refractivity (Wildman–Crippen MR) is 96.3 cm³/mol. The first-order chi connectivity index (χ1) is 11.9. The molecule has 0 saturated heterocycles. The number of likely N-dealkylation sites (N-methyl/N-ethyl adjacent to an activating group) is 1. The molecule has 0 aliphatic carbocycles. The van der Waals surface area contributed by atoms with Crippen LogP contribution < -0.4 is 5.32 Å². The second-order valence-electron chi connectivity index (χ2n) is 5.38. The summed E-state index contributed by atoms with van der Waals surface area (Å²) in [6, 6.07) is 10.4. The molecule has 0 radical (unpaired) electrons. The van der Waals surface area contributed by atoms with Crippen molar-refractivity contribution in [2.45, 2.75) is 13.5 Å². The molecule has 0 atom stereocenters. The van der Waals surface area contributed by atoms with Crippen LogP contribution in [-0.2, 0) is 11.3 Å². The van der Waals surface area contributed by atoms with Crippen LogP contribution in [-0.4, -0.2) is 29.8 Å². The van der Waals surface area contributed by atoms with Crippen LogP contribution in [0.5, 0.6) is 0 Å². The maximum atomic E-state index is 12.9. The molecule has 2 amide bonds. The third-order valence-corrected chi connectivity index (χ3v) is 3.95. The van der Waals surface area contributed by atoms with Gasteiger partial charge in [0.2, 0.25) is 5.91 Å². The van der Waals surface area contributed by atoms with Crippen LogP contribution in [0.3, 0.4) is 0 Å². The van der Waals surface area contributed by atoms with Crippen LogP contribution >= 0.6 is 23.2 Å². The minimum atomic E-state index is -0.335. The van der Waals surface area contributed by atoms with Crippen LogP contribution in [0.2, 0.25) is 10.0 Å². The number of amides is 2. The summed E-state index contributed by atoms with van der Waals surface area (Å²) < 4.78 is 12.9. The van der Waals surface area contributed by atoms with E-state index in [0.717, 1.165) is 5.56 Å². The standard InChI is InChI=1S/C18H17Cl2FN2O2/c1-2-23(18(25)13-7-14(19)9-15(20)8-13)11-17(24)22-10-12-3-5-16(21)6-4-12/h3-9H,2,10-11H2,1H3,(H,22,24). The molecule has 1 N–H and O–H groups in total. The fourth-order valence-corrected chi connectivity index (χ4v) is 2.75. The van der Waals surface area contributed by atoms with Crippen molar-refractivity contribution >= 4 is 35.0 Å². The normalized spacial score (nSPS) is 10.4. The lowest BCUT2D eigenvalue weighted by atomic mass is 10.2. The number of rotatable bonds is 6. The highest BCUT2D eigenvalue weighted by atomic mass is 35.5. The topological polar surface area (TPSA) is 49.4 Å². The van der Waals surface area contributed by atoms with E-state index < -0.39 is 0 Å². The van der Waals surface area contributed by atoms with Gasteiger partial charge in [-0.25, -0.2) is 4.39 Å². The molecule has 0 aromatic heterocycles. The van der Waals surface area contributed by atoms with Gasteiger partial charge in [0.15, 0.2) is 0 Å². The van der Waals surface area contributed by atoms with Gasteiger partial charge in [-0.05, 0) is 42.8 Å². The van der Waals surface area contributed by atoms with Gasteiger partial charge in [0.25, 0.3) is 5.91 Å². The lowest BCUT2D eigenvalue weighted by Gasteiger charge is -2.20. The Morgan fingerprint density at radius 1 is 1.08 bits per heavy atom. The van der Waals surface area contributed by atoms with E-state index in [0.29, 0.717) is 22.2 Å². The zero-order chi connectivity index (χ0) is 18.4. The summed E-state index contributed by atoms with van der Waals surface area (Å²) in [5.41, 5.74) is 1.09. The van der Waals surface area contributed by atoms with E-state index in [2.05, 4.69) is 5.32 Å². The van der Waals surface area contributed by atoms with Crippen molar-refractivity contribution in [3.8, 4) is 0 Å². The fourth-order valence-electron chi connectivity index (χ4n) is 2.22. The van der Waals surface area contributed by atoms with Gasteiger partial charge in [-0.1, -0.05) is 35.3 Å². The van der Waals surface area contributed by atoms with Gasteiger partial charge >= 0.3 is 0 Å². The minimum absolute atomic E-state index is 0.0966. The van der Waals surface area contributed by atoms with Gasteiger partial charge in [-0.15, -0.1) is 0 Å². The molecule has 25 heavy (non-hydrogen) atoms. The van der Waals surface area contributed by atoms with Crippen LogP contribution in [0.15, 0.2) is 42.5 Å². The summed E-state index contributed by atoms with van der Waals surface area (Å²) in [5, 5.41) is 3.41. The lowest BCUT2D eigenvalue weighted by Crippen LogP contribution is -2.40. The number of hydrogen-bond acceptors (Lipinski definition) is 2. The fraction of sp³-hybridized carbons (Fsp3) is 0.222. The molecule has 7 heteroatoms. The third kappa shape index (κ3) is 5.73. The van der Waals surface area contributed by atoms with Gasteiger partial charge < -0.3 is 10.2 Å². The highest BCUT2D eigenvalue weighted by Crippen LogP contribution is 2.20. The molecular weight excluding hydrogens is 366 g/mol. The second kappa shape index (κ2) is 8.83. The number of carbonyl (C=O) groups excluding carboxylic acids is 2. The Morgan fingerprint density at radius 2 is 1.68 bits per heavy atom. The van der Waals surface area contributed by atoms with E-state index in [1.807, 2.05) is 0 Å². The van der Waals surface area contributed by atoms with Crippen molar-refractivity contribution < 1.29 is 14.0 Å². The molecule has 2 aromatic rings. The zero-order valence-electron chi connectivity index (χ0n) is 13.6. The zero-order valence-corrected chi connectivity index (χ0v) is 15.1. The summed E-state index contributed by atoms with van der Waals surface area (Å²) in [7, 11) is 0. The van der Waals surface area contributed by atoms with E-state index in [1.165, 1.54) is 35.2 Å². The van der Waals surface area contributed by atoms with Gasteiger partial charge in [0.1, 0.15) is 5.82 Å². The Hall–Kier alpha value is -2.11. The van der Waals surface area contributed by atoms with E-state index >= 15 is 0 Å². The van der Waals surface area contributed by atoms with Gasteiger partial charge in [0.05, 0.1) is 6.54 Å². The summed E-state index contributed by atoms with van der Waals surface area (Å²) >= 11 is 11.8. The first-order valence-electron chi connectivity index (χ1n) is 7.65. The van der Waals surface area contributed by atoms with Gasteiger partial charge in [0, 0.05) is 28.7 Å². The SMILES string of the molecule is CCN(CC(=O)NCc1ccc(F)cc1)C(=O)c1cc(Cl)cc(Cl)c1. The number of nitrogens with one attached hydrogen (secondary N) is 1. The number of carbonyl (C=O) groups is 2. The predicted octanol–water partition coefficient (Wildman–Crippen LogP) is 3.91. The summed E-state index contributed by atoms with van der Waals surface area (Å²) in [4.78, 5) is 26.0. The maximum Gasteiger partial charge on any atom is 0.254 e. The average Bonchev–Trinajstić information content (AvgIpc) is 2.57. The van der Waals surface area contributed by atoms with Crippen molar-refractivity contribution in [2.24, 2.45) is 0 Å². The van der Waals surface area contributed by atoms with Crippen molar-refractivity contribution in [1.29, 1.82) is 0 Å². The number of nitrogens with zero attached hydrogens (tertiary/aromatic N) is 1. The van der Waals surface area contributed by atoms with Gasteiger partial charge in [-0.3, -0.25) is 9.59 Å². The smallest absolute Gasteiger partial charge is 0.254 e. The molecule has 0 unspecified atom stereocenters. The molecule has 0 bridgehead atoms. The van der Waals surface area contributed by atoms with Gasteiger partial charge in [-0.2, -0.15) is 0 Å². The highest BCUT2D eigenvalue weighted by molar-refractivity contribution is 6.35. The lowest BCUT2D eigenvalue weighted by molar-refractivity contribution is -0.121. The molecule has 2 aromatic carbocycles. The molecule has 0 fully saturated rings. The Kier molecular flexibility index (Phi) is 6.79. The number of benzene rings is 2. The quantitative estimate of drug-likeness (QED) is 0.822. The molecule has 0 aliphatic heterocycles. The molecule has 0 saturated carbocycles. The maximum absolute atomic E-state index is 12.9. The molecule has 0 heterocycles. The molecule has 0 aliphatic rings. The van der Waals surface area contributed by atoms with E-state index in [1.54, 1.807) is 19.1 Å². The minimum Gasteiger partial charge on any atom is -0.350 e. The largest absolute Gasteiger partial charge is 0.350 e. The average molecular weight is 383 g/mol. The van der Waals surface area contributed by atoms with Crippen LogP contribution in [0.25, 0.3) is 0 Å². The summed E-state index contributed by atoms with van der Waals surface area (Å²) in [5.74, 6) is -0.977. The Labute approximate surface area is 155 Å². The monoisotopic (exact) mass is 382 g/mol. The number of hydrogen-bond donors (Lipinski definition) is 1. The van der Waals surface area contributed by atoms with Crippen LogP contribution in [0.4, 0.5) is 4.39 Å². The van der Waals surface area contributed by atoms with Crippen molar-refractivity contribution in [2.75, 3.05) is 13.1 Å². The molecule has 132 valence electrons. The first-order valence-corrected chi connectivity index (χ1v) is 8.41. The first kappa shape index (κ1) is 19.2. The summed E-state index contributed by atoms with van der Waals surface area (Å²) in [6.45, 7) is 2.29. The Bertz CT molecular complexity index is 746. The number of halogens is 3. The van der Waals surface area contributed by atoms with E-state index in [-0.39, 0.29) is 30.7 Å². The van der Waals surface area contributed by atoms with Crippen molar-refractivity contribution in [1.82, 2.24) is 10.2 Å². The third-order valence-electron chi connectivity index (χ3n) is 3.52. The molecular formula is C18H17Cl2FN2O2. The highest BCUT2D eigenvalue weighted by Gasteiger charge is 2.18. The molecule has 0 spiro atoms. The van der Waals surface area contributed by atoms with E-state index in [4.69, 9.17) is 23.2 Å². The second-order valence-corrected chi connectivity index (χ2v) is 6.25. The van der Waals surface area contributed by atoms with Crippen molar-refractivity contribution in [3.05, 3.63) is 69.5 Å². The van der Waals surface area contributed by atoms with Crippen molar-refractivity contribution in [3.63, 3.8) is 0 Å². The van der Waals surface area contributed by atoms with Crippen LogP contribution in [0.1, 0.15) is 22.8 Å². The Balaban J connectivity index is 1.96. The summed E-state index contributed by atoms with van der Waals surface area (Å²) in [6.07, 6.45) is 0. The molecule has 4 nitrogen and oxygen atoms in total. The molecule has 2 rings (SSSR count). The van der Waals surface area contributed by atoms with E-state index in [9.17, 15) is 14.0 Å². The van der Waals surface area contributed by atoms with Crippen LogP contribution in [0, 0.1) is 5.82 Å². The Morgan fingerprint density at radius 3 is 2.24 bits per heavy atom.